The van der Waals surface area contributed by atoms with Crippen LogP contribution in [0.1, 0.15) is 62.6 Å². The maximum absolute atomic E-state index is 5.80. The first kappa shape index (κ1) is 13.6. The summed E-state index contributed by atoms with van der Waals surface area (Å²) in [6, 6.07) is 9.02. The van der Waals surface area contributed by atoms with Gasteiger partial charge in [0.25, 0.3) is 0 Å². The number of rotatable bonds is 5. The molecule has 0 bridgehead atoms. The van der Waals surface area contributed by atoms with E-state index in [0.29, 0.717) is 6.04 Å². The highest BCUT2D eigenvalue weighted by Gasteiger charge is 2.20. The van der Waals surface area contributed by atoms with E-state index in [1.807, 2.05) is 0 Å². The van der Waals surface area contributed by atoms with Gasteiger partial charge in [0.2, 0.25) is 0 Å². The molecule has 1 fully saturated rings. The molecule has 0 aromatic heterocycles. The van der Waals surface area contributed by atoms with Crippen molar-refractivity contribution < 1.29 is 0 Å². The third-order valence-corrected chi connectivity index (χ3v) is 4.31. The quantitative estimate of drug-likeness (QED) is 0.614. The van der Waals surface area contributed by atoms with E-state index < -0.39 is 0 Å². The largest absolute Gasteiger partial charge is 0.271 e. The number of benzene rings is 1. The van der Waals surface area contributed by atoms with Crippen LogP contribution in [0.3, 0.4) is 0 Å². The van der Waals surface area contributed by atoms with Crippen LogP contribution < -0.4 is 11.3 Å². The van der Waals surface area contributed by atoms with Gasteiger partial charge in [0.1, 0.15) is 0 Å². The average Bonchev–Trinajstić information content (AvgIpc) is 2.46. The Hall–Kier alpha value is -0.860. The Morgan fingerprint density at radius 3 is 2.61 bits per heavy atom. The van der Waals surface area contributed by atoms with Crippen LogP contribution in [0, 0.1) is 5.92 Å². The van der Waals surface area contributed by atoms with E-state index in [4.69, 9.17) is 5.84 Å². The molecule has 2 nitrogen and oxygen atoms in total. The van der Waals surface area contributed by atoms with Gasteiger partial charge in [0, 0.05) is 6.04 Å². The van der Waals surface area contributed by atoms with E-state index >= 15 is 0 Å². The van der Waals surface area contributed by atoms with Crippen molar-refractivity contribution in [3.8, 4) is 0 Å². The molecule has 3 N–H and O–H groups in total. The number of hydrogen-bond donors (Lipinski definition) is 2. The molecule has 0 amide bonds. The Bertz CT molecular complexity index is 356. The molecule has 0 spiro atoms. The van der Waals surface area contributed by atoms with Crippen LogP contribution in [0.15, 0.2) is 24.3 Å². The second-order valence-corrected chi connectivity index (χ2v) is 5.51. The maximum Gasteiger partial charge on any atom is 0.0465 e. The van der Waals surface area contributed by atoms with Gasteiger partial charge >= 0.3 is 0 Å². The van der Waals surface area contributed by atoms with Crippen molar-refractivity contribution in [3.63, 3.8) is 0 Å². The minimum atomic E-state index is 0.323. The molecule has 0 heterocycles. The fraction of sp³-hybridized carbons (Fsp3) is 0.625. The van der Waals surface area contributed by atoms with Gasteiger partial charge in [-0.1, -0.05) is 63.3 Å². The number of hydrogen-bond acceptors (Lipinski definition) is 2. The van der Waals surface area contributed by atoms with Gasteiger partial charge in [-0.3, -0.25) is 11.3 Å². The number of nitrogens with one attached hydrogen (secondary N) is 1. The molecule has 1 atom stereocenters. The molecule has 100 valence electrons. The summed E-state index contributed by atoms with van der Waals surface area (Å²) in [5, 5.41) is 0. The van der Waals surface area contributed by atoms with Gasteiger partial charge in [-0.2, -0.15) is 0 Å². The highest BCUT2D eigenvalue weighted by molar-refractivity contribution is 5.30. The Balaban J connectivity index is 2.07. The summed E-state index contributed by atoms with van der Waals surface area (Å²) >= 11 is 0. The average molecular weight is 246 g/mol. The molecular weight excluding hydrogens is 220 g/mol. The van der Waals surface area contributed by atoms with Crippen LogP contribution in [-0.4, -0.2) is 0 Å². The van der Waals surface area contributed by atoms with E-state index in [2.05, 4.69) is 36.6 Å². The SMILES string of the molecule is CCc1ccccc1C(CC1CCCCC1)NN. The molecule has 1 unspecified atom stereocenters. The summed E-state index contributed by atoms with van der Waals surface area (Å²) in [5.41, 5.74) is 5.86. The van der Waals surface area contributed by atoms with Crippen LogP contribution >= 0.6 is 0 Å². The highest BCUT2D eigenvalue weighted by Crippen LogP contribution is 2.32. The van der Waals surface area contributed by atoms with Crippen molar-refractivity contribution in [1.82, 2.24) is 5.43 Å². The first-order chi connectivity index (χ1) is 8.85. The lowest BCUT2D eigenvalue weighted by Crippen LogP contribution is -2.30. The summed E-state index contributed by atoms with van der Waals surface area (Å²) in [6.07, 6.45) is 9.25. The van der Waals surface area contributed by atoms with Gasteiger partial charge < -0.3 is 0 Å². The lowest BCUT2D eigenvalue weighted by molar-refractivity contribution is 0.300. The van der Waals surface area contributed by atoms with Crippen molar-refractivity contribution in [2.24, 2.45) is 11.8 Å². The van der Waals surface area contributed by atoms with Crippen LogP contribution in [0.25, 0.3) is 0 Å². The van der Waals surface area contributed by atoms with E-state index in [0.717, 1.165) is 12.3 Å². The maximum atomic E-state index is 5.80. The van der Waals surface area contributed by atoms with Crippen molar-refractivity contribution in [1.29, 1.82) is 0 Å². The summed E-state index contributed by atoms with van der Waals surface area (Å²) < 4.78 is 0. The minimum absolute atomic E-state index is 0.323. The molecule has 0 aliphatic heterocycles. The zero-order chi connectivity index (χ0) is 12.8. The fourth-order valence-corrected chi connectivity index (χ4v) is 3.24. The highest BCUT2D eigenvalue weighted by atomic mass is 15.2. The summed E-state index contributed by atoms with van der Waals surface area (Å²) in [5.74, 6) is 6.65. The van der Waals surface area contributed by atoms with Crippen molar-refractivity contribution in [3.05, 3.63) is 35.4 Å². The molecule has 0 saturated heterocycles. The normalized spacial score (nSPS) is 18.8. The van der Waals surface area contributed by atoms with E-state index in [1.54, 1.807) is 0 Å². The molecule has 1 aromatic rings. The molecule has 2 rings (SSSR count). The second-order valence-electron chi connectivity index (χ2n) is 5.51. The first-order valence-electron chi connectivity index (χ1n) is 7.39. The zero-order valence-electron chi connectivity index (χ0n) is 11.5. The van der Waals surface area contributed by atoms with Gasteiger partial charge in [0.05, 0.1) is 0 Å². The van der Waals surface area contributed by atoms with Crippen molar-refractivity contribution in [2.45, 2.75) is 57.9 Å². The van der Waals surface area contributed by atoms with E-state index in [-0.39, 0.29) is 0 Å². The fourth-order valence-electron chi connectivity index (χ4n) is 3.24. The molecule has 1 aromatic carbocycles. The summed E-state index contributed by atoms with van der Waals surface area (Å²) in [7, 11) is 0. The lowest BCUT2D eigenvalue weighted by Gasteiger charge is -2.27. The van der Waals surface area contributed by atoms with Crippen molar-refractivity contribution >= 4 is 0 Å². The van der Waals surface area contributed by atoms with Gasteiger partial charge in [-0.15, -0.1) is 0 Å². The molecule has 18 heavy (non-hydrogen) atoms. The predicted octanol–water partition coefficient (Wildman–Crippen LogP) is 3.72. The van der Waals surface area contributed by atoms with Crippen LogP contribution in [0.4, 0.5) is 0 Å². The van der Waals surface area contributed by atoms with Crippen molar-refractivity contribution in [2.75, 3.05) is 0 Å². The monoisotopic (exact) mass is 246 g/mol. The molecular formula is C16H26N2. The van der Waals surface area contributed by atoms with E-state index in [1.165, 1.54) is 49.7 Å². The predicted molar refractivity (Wildman–Crippen MR) is 77.1 cm³/mol. The Kier molecular flexibility index (Phi) is 5.21. The Morgan fingerprint density at radius 1 is 1.22 bits per heavy atom. The van der Waals surface area contributed by atoms with E-state index in [9.17, 15) is 0 Å². The van der Waals surface area contributed by atoms with Crippen LogP contribution in [0.5, 0.6) is 0 Å². The van der Waals surface area contributed by atoms with Gasteiger partial charge in [0.15, 0.2) is 0 Å². The minimum Gasteiger partial charge on any atom is -0.271 e. The van der Waals surface area contributed by atoms with Gasteiger partial charge in [-0.25, -0.2) is 0 Å². The second kappa shape index (κ2) is 6.91. The molecule has 2 heteroatoms. The first-order valence-corrected chi connectivity index (χ1v) is 7.39. The van der Waals surface area contributed by atoms with Crippen LogP contribution in [0.2, 0.25) is 0 Å². The van der Waals surface area contributed by atoms with Gasteiger partial charge in [-0.05, 0) is 29.9 Å². The van der Waals surface area contributed by atoms with Crippen LogP contribution in [-0.2, 0) is 6.42 Å². The summed E-state index contributed by atoms with van der Waals surface area (Å²) in [4.78, 5) is 0. The third-order valence-electron chi connectivity index (χ3n) is 4.31. The summed E-state index contributed by atoms with van der Waals surface area (Å²) in [6.45, 7) is 2.22. The molecule has 1 aliphatic rings. The number of aryl methyl sites for hydroxylation is 1. The molecule has 1 aliphatic carbocycles. The number of nitrogens with two attached hydrogens (primary N) is 1. The zero-order valence-corrected chi connectivity index (χ0v) is 11.5. The topological polar surface area (TPSA) is 38.0 Å². The smallest absolute Gasteiger partial charge is 0.0465 e. The Morgan fingerprint density at radius 2 is 1.94 bits per heavy atom. The molecule has 0 radical (unpaired) electrons. The lowest BCUT2D eigenvalue weighted by atomic mass is 9.82. The molecule has 1 saturated carbocycles. The third kappa shape index (κ3) is 3.33. The standard InChI is InChI=1S/C16H26N2/c1-2-14-10-6-7-11-15(14)16(18-17)12-13-8-4-3-5-9-13/h6-7,10-11,13,16,18H,2-5,8-9,12,17H2,1H3. The number of hydrazine groups is 1. The Labute approximate surface area is 111 Å².